The van der Waals surface area contributed by atoms with Gasteiger partial charge < -0.3 is 10.2 Å². The van der Waals surface area contributed by atoms with Crippen LogP contribution in [0.3, 0.4) is 0 Å². The molecule has 0 aliphatic carbocycles. The van der Waals surface area contributed by atoms with E-state index in [2.05, 4.69) is 5.32 Å². The minimum Gasteiger partial charge on any atom is -0.344 e. The highest BCUT2D eigenvalue weighted by molar-refractivity contribution is 6.02. The largest absolute Gasteiger partial charge is 0.344 e. The van der Waals surface area contributed by atoms with Gasteiger partial charge in [0.1, 0.15) is 6.04 Å². The molecule has 3 rings (SSSR count). The van der Waals surface area contributed by atoms with Gasteiger partial charge in [-0.1, -0.05) is 36.8 Å². The van der Waals surface area contributed by atoms with Crippen LogP contribution in [0.4, 0.5) is 0 Å². The van der Waals surface area contributed by atoms with Gasteiger partial charge in [0.05, 0.1) is 6.04 Å². The second-order valence-electron chi connectivity index (χ2n) is 6.29. The normalized spacial score (nSPS) is 24.9. The second kappa shape index (κ2) is 6.94. The van der Waals surface area contributed by atoms with Crippen LogP contribution < -0.4 is 5.32 Å². The summed E-state index contributed by atoms with van der Waals surface area (Å²) in [5, 5.41) is 2.81. The maximum absolute atomic E-state index is 12.8. The number of nitrogens with zero attached hydrogens (tertiary/aromatic N) is 1. The van der Waals surface area contributed by atoms with Crippen molar-refractivity contribution >= 4 is 17.6 Å². The van der Waals surface area contributed by atoms with Crippen molar-refractivity contribution in [2.75, 3.05) is 6.54 Å². The molecule has 2 atom stereocenters. The summed E-state index contributed by atoms with van der Waals surface area (Å²) in [6.07, 6.45) is 4.35. The average Bonchev–Trinajstić information content (AvgIpc) is 2.96. The molecule has 0 saturated carbocycles. The third-order valence-electron chi connectivity index (χ3n) is 4.68. The van der Waals surface area contributed by atoms with Crippen LogP contribution in [0.15, 0.2) is 30.3 Å². The summed E-state index contributed by atoms with van der Waals surface area (Å²) in [5.74, 6) is -0.172. The third-order valence-corrected chi connectivity index (χ3v) is 4.68. The highest BCUT2D eigenvalue weighted by Gasteiger charge is 2.38. The Hall–Kier alpha value is -2.17. The molecule has 1 aromatic rings. The van der Waals surface area contributed by atoms with Gasteiger partial charge in [0, 0.05) is 18.5 Å². The molecular weight excluding hydrogens is 292 g/mol. The number of hydrogen-bond acceptors (Lipinski definition) is 3. The number of Topliss-reactive ketones (excluding diaryl/α,β-unsaturated/α-hetero) is 1. The Morgan fingerprint density at radius 2 is 1.83 bits per heavy atom. The molecule has 5 nitrogen and oxygen atoms in total. The van der Waals surface area contributed by atoms with Crippen molar-refractivity contribution in [1.82, 2.24) is 10.2 Å². The molecule has 0 bridgehead atoms. The summed E-state index contributed by atoms with van der Waals surface area (Å²) in [5.41, 5.74) is 0.641. The summed E-state index contributed by atoms with van der Waals surface area (Å²) >= 11 is 0. The fourth-order valence-corrected chi connectivity index (χ4v) is 3.46. The first-order valence-corrected chi connectivity index (χ1v) is 8.36. The number of carbonyl (C=O) groups excluding carboxylic acids is 3. The zero-order valence-corrected chi connectivity index (χ0v) is 13.2. The van der Waals surface area contributed by atoms with Gasteiger partial charge >= 0.3 is 0 Å². The first-order valence-electron chi connectivity index (χ1n) is 8.36. The minimum absolute atomic E-state index is 0.00333. The van der Waals surface area contributed by atoms with Crippen molar-refractivity contribution in [2.24, 2.45) is 0 Å². The SMILES string of the molecule is O=C1CCCC[C@H](C(=O)N2CCC[C@@H]2C(=O)c2ccccc2)N1. The van der Waals surface area contributed by atoms with Gasteiger partial charge in [-0.15, -0.1) is 0 Å². The molecule has 0 unspecified atom stereocenters. The Kier molecular flexibility index (Phi) is 4.74. The van der Waals surface area contributed by atoms with Gasteiger partial charge in [0.15, 0.2) is 5.78 Å². The van der Waals surface area contributed by atoms with E-state index in [0.717, 1.165) is 19.3 Å². The maximum Gasteiger partial charge on any atom is 0.245 e. The lowest BCUT2D eigenvalue weighted by molar-refractivity contribution is -0.136. The third kappa shape index (κ3) is 3.44. The predicted octanol–water partition coefficient (Wildman–Crippen LogP) is 1.92. The molecule has 2 saturated heterocycles. The zero-order valence-electron chi connectivity index (χ0n) is 13.2. The molecule has 23 heavy (non-hydrogen) atoms. The topological polar surface area (TPSA) is 66.5 Å². The first-order chi connectivity index (χ1) is 11.2. The first kappa shape index (κ1) is 15.7. The van der Waals surface area contributed by atoms with Crippen LogP contribution in [0, 0.1) is 0 Å². The lowest BCUT2D eigenvalue weighted by Crippen LogP contribution is -2.51. The van der Waals surface area contributed by atoms with Crippen LogP contribution in [-0.2, 0) is 9.59 Å². The van der Waals surface area contributed by atoms with Crippen LogP contribution in [0.1, 0.15) is 48.9 Å². The van der Waals surface area contributed by atoms with Crippen molar-refractivity contribution < 1.29 is 14.4 Å². The molecule has 0 radical (unpaired) electrons. The fraction of sp³-hybridized carbons (Fsp3) is 0.500. The lowest BCUT2D eigenvalue weighted by atomic mass is 10.0. The van der Waals surface area contributed by atoms with E-state index in [1.54, 1.807) is 17.0 Å². The summed E-state index contributed by atoms with van der Waals surface area (Å²) in [4.78, 5) is 38.9. The maximum atomic E-state index is 12.8. The summed E-state index contributed by atoms with van der Waals surface area (Å²) < 4.78 is 0. The van der Waals surface area contributed by atoms with Gasteiger partial charge in [-0.2, -0.15) is 0 Å². The van der Waals surface area contributed by atoms with Crippen molar-refractivity contribution in [3.63, 3.8) is 0 Å². The summed E-state index contributed by atoms with van der Waals surface area (Å²) in [6, 6.07) is 8.24. The van der Waals surface area contributed by atoms with Gasteiger partial charge in [-0.25, -0.2) is 0 Å². The van der Waals surface area contributed by atoms with Gasteiger partial charge in [-0.05, 0) is 25.7 Å². The van der Waals surface area contributed by atoms with Crippen LogP contribution in [0.2, 0.25) is 0 Å². The number of benzene rings is 1. The summed E-state index contributed by atoms with van der Waals surface area (Å²) in [6.45, 7) is 0.592. The van der Waals surface area contributed by atoms with Crippen LogP contribution in [0.5, 0.6) is 0 Å². The Balaban J connectivity index is 1.74. The number of ketones is 1. The average molecular weight is 314 g/mol. The van der Waals surface area contributed by atoms with Crippen LogP contribution in [-0.4, -0.2) is 41.1 Å². The molecule has 5 heteroatoms. The molecule has 2 aliphatic rings. The number of carbonyl (C=O) groups is 3. The summed E-state index contributed by atoms with van der Waals surface area (Å²) in [7, 11) is 0. The van der Waals surface area contributed by atoms with E-state index in [4.69, 9.17) is 0 Å². The Labute approximate surface area is 136 Å². The predicted molar refractivity (Wildman–Crippen MR) is 85.9 cm³/mol. The molecule has 2 fully saturated rings. The highest BCUT2D eigenvalue weighted by Crippen LogP contribution is 2.23. The molecule has 0 spiro atoms. The number of rotatable bonds is 3. The Morgan fingerprint density at radius 3 is 2.61 bits per heavy atom. The van der Waals surface area contributed by atoms with E-state index in [-0.39, 0.29) is 17.6 Å². The molecule has 1 N–H and O–H groups in total. The number of hydrogen-bond donors (Lipinski definition) is 1. The van der Waals surface area contributed by atoms with E-state index >= 15 is 0 Å². The van der Waals surface area contributed by atoms with Crippen LogP contribution in [0.25, 0.3) is 0 Å². The number of likely N-dealkylation sites (tertiary alicyclic amines) is 1. The van der Waals surface area contributed by atoms with Crippen molar-refractivity contribution in [3.8, 4) is 0 Å². The van der Waals surface area contributed by atoms with Gasteiger partial charge in [0.2, 0.25) is 11.8 Å². The molecule has 122 valence electrons. The van der Waals surface area contributed by atoms with Crippen LogP contribution >= 0.6 is 0 Å². The highest BCUT2D eigenvalue weighted by atomic mass is 16.2. The number of nitrogens with one attached hydrogen (secondary N) is 1. The molecular formula is C18H22N2O3. The van der Waals surface area contributed by atoms with Crippen molar-refractivity contribution in [3.05, 3.63) is 35.9 Å². The van der Waals surface area contributed by atoms with Crippen molar-refractivity contribution in [1.29, 1.82) is 0 Å². The van der Waals surface area contributed by atoms with E-state index in [1.807, 2.05) is 18.2 Å². The quantitative estimate of drug-likeness (QED) is 0.867. The Morgan fingerprint density at radius 1 is 1.04 bits per heavy atom. The van der Waals surface area contributed by atoms with Gasteiger partial charge in [-0.3, -0.25) is 14.4 Å². The van der Waals surface area contributed by atoms with Gasteiger partial charge in [0.25, 0.3) is 0 Å². The van der Waals surface area contributed by atoms with E-state index in [0.29, 0.717) is 31.4 Å². The van der Waals surface area contributed by atoms with E-state index < -0.39 is 12.1 Å². The molecule has 1 aromatic carbocycles. The molecule has 2 aliphatic heterocycles. The Bertz CT molecular complexity index is 600. The molecule has 2 amide bonds. The zero-order chi connectivity index (χ0) is 16.2. The second-order valence-corrected chi connectivity index (χ2v) is 6.29. The number of amides is 2. The monoisotopic (exact) mass is 314 g/mol. The van der Waals surface area contributed by atoms with E-state index in [1.165, 1.54) is 0 Å². The van der Waals surface area contributed by atoms with E-state index in [9.17, 15) is 14.4 Å². The minimum atomic E-state index is -0.478. The molecule has 0 aromatic heterocycles. The smallest absolute Gasteiger partial charge is 0.245 e. The lowest BCUT2D eigenvalue weighted by Gasteiger charge is -2.28. The standard InChI is InChI=1S/C18H22N2O3/c21-16-11-5-4-9-14(19-16)18(23)20-12-6-10-15(20)17(22)13-7-2-1-3-8-13/h1-3,7-8,14-15H,4-6,9-12H2,(H,19,21)/t14-,15-/m1/s1. The fourth-order valence-electron chi connectivity index (χ4n) is 3.46. The van der Waals surface area contributed by atoms with Crippen molar-refractivity contribution in [2.45, 2.75) is 50.6 Å². The molecule has 2 heterocycles.